The highest BCUT2D eigenvalue weighted by Crippen LogP contribution is 2.29. The minimum Gasteiger partial charge on any atom is -0.381 e. The van der Waals surface area contributed by atoms with Crippen molar-refractivity contribution in [3.63, 3.8) is 0 Å². The fourth-order valence-electron chi connectivity index (χ4n) is 2.71. The van der Waals surface area contributed by atoms with Gasteiger partial charge in [0.25, 0.3) is 0 Å². The fourth-order valence-corrected chi connectivity index (χ4v) is 2.71. The van der Waals surface area contributed by atoms with Crippen molar-refractivity contribution in [2.45, 2.75) is 19.3 Å². The quantitative estimate of drug-likeness (QED) is 0.567. The van der Waals surface area contributed by atoms with Crippen LogP contribution in [0.4, 0.5) is 24.5 Å². The lowest BCUT2D eigenvalue weighted by atomic mass is 10.1. The van der Waals surface area contributed by atoms with E-state index in [1.54, 1.807) is 6.07 Å². The third-order valence-corrected chi connectivity index (χ3v) is 4.19. The molecule has 0 saturated carbocycles. The Bertz CT molecular complexity index is 973. The molecule has 2 N–H and O–H groups in total. The number of hydrogen-bond donors (Lipinski definition) is 2. The predicted octanol–water partition coefficient (Wildman–Crippen LogP) is 5.80. The number of alkyl halides is 3. The van der Waals surface area contributed by atoms with Crippen molar-refractivity contribution in [1.82, 2.24) is 0 Å². The van der Waals surface area contributed by atoms with Crippen molar-refractivity contribution < 1.29 is 13.2 Å². The van der Waals surface area contributed by atoms with Gasteiger partial charge in [-0.05, 0) is 53.6 Å². The molecule has 0 heterocycles. The first-order valence-corrected chi connectivity index (χ1v) is 8.67. The van der Waals surface area contributed by atoms with Crippen LogP contribution in [0.5, 0.6) is 0 Å². The minimum absolute atomic E-state index is 0.422. The Morgan fingerprint density at radius 3 is 1.96 bits per heavy atom. The van der Waals surface area contributed by atoms with Gasteiger partial charge in [0.05, 0.1) is 17.2 Å². The van der Waals surface area contributed by atoms with Crippen LogP contribution in [-0.2, 0) is 19.3 Å². The predicted molar refractivity (Wildman–Crippen MR) is 104 cm³/mol. The standard InChI is InChI=1S/C22H18F3N3/c23-22(24,25)19-9-7-16(8-10-19)14-27-20-5-2-6-21(12-20)28-15-18-4-1-3-17(11-18)13-26/h1-12,27-28H,14-15H2. The van der Waals surface area contributed by atoms with Gasteiger partial charge in [0, 0.05) is 24.5 Å². The number of nitrogens with zero attached hydrogens (tertiary/aromatic N) is 1. The molecule has 0 radical (unpaired) electrons. The summed E-state index contributed by atoms with van der Waals surface area (Å²) in [5.74, 6) is 0. The molecule has 0 fully saturated rings. The summed E-state index contributed by atoms with van der Waals surface area (Å²) in [6.07, 6.45) is -4.32. The Morgan fingerprint density at radius 2 is 1.36 bits per heavy atom. The van der Waals surface area contributed by atoms with Gasteiger partial charge >= 0.3 is 6.18 Å². The first-order valence-electron chi connectivity index (χ1n) is 8.67. The normalized spacial score (nSPS) is 10.9. The monoisotopic (exact) mass is 381 g/mol. The van der Waals surface area contributed by atoms with Crippen LogP contribution < -0.4 is 10.6 Å². The summed E-state index contributed by atoms with van der Waals surface area (Å²) in [5.41, 5.74) is 3.49. The maximum atomic E-state index is 12.6. The van der Waals surface area contributed by atoms with Crippen LogP contribution >= 0.6 is 0 Å². The fraction of sp³-hybridized carbons (Fsp3) is 0.136. The van der Waals surface area contributed by atoms with Crippen LogP contribution in [0.3, 0.4) is 0 Å². The lowest BCUT2D eigenvalue weighted by molar-refractivity contribution is -0.137. The molecule has 0 spiro atoms. The molecule has 28 heavy (non-hydrogen) atoms. The molecule has 142 valence electrons. The second-order valence-corrected chi connectivity index (χ2v) is 6.29. The maximum Gasteiger partial charge on any atom is 0.416 e. The molecule has 3 aromatic carbocycles. The Kier molecular flexibility index (Phi) is 5.85. The van der Waals surface area contributed by atoms with Crippen LogP contribution in [0.25, 0.3) is 0 Å². The van der Waals surface area contributed by atoms with Crippen molar-refractivity contribution >= 4 is 11.4 Å². The molecular weight excluding hydrogens is 363 g/mol. The molecule has 0 aromatic heterocycles. The molecule has 0 amide bonds. The maximum absolute atomic E-state index is 12.6. The molecule has 3 aromatic rings. The Balaban J connectivity index is 1.58. The number of nitrogens with one attached hydrogen (secondary N) is 2. The van der Waals surface area contributed by atoms with Crippen molar-refractivity contribution in [3.8, 4) is 6.07 Å². The number of rotatable bonds is 6. The van der Waals surface area contributed by atoms with E-state index in [4.69, 9.17) is 5.26 Å². The van der Waals surface area contributed by atoms with Crippen molar-refractivity contribution in [1.29, 1.82) is 5.26 Å². The van der Waals surface area contributed by atoms with Gasteiger partial charge in [0.15, 0.2) is 0 Å². The van der Waals surface area contributed by atoms with E-state index in [0.29, 0.717) is 18.7 Å². The number of hydrogen-bond acceptors (Lipinski definition) is 3. The summed E-state index contributed by atoms with van der Waals surface area (Å²) in [5, 5.41) is 15.5. The second-order valence-electron chi connectivity index (χ2n) is 6.29. The van der Waals surface area contributed by atoms with E-state index in [2.05, 4.69) is 16.7 Å². The van der Waals surface area contributed by atoms with Gasteiger partial charge in [-0.3, -0.25) is 0 Å². The van der Waals surface area contributed by atoms with Crippen molar-refractivity contribution in [2.24, 2.45) is 0 Å². The zero-order chi connectivity index (χ0) is 20.0. The van der Waals surface area contributed by atoms with Crippen molar-refractivity contribution in [3.05, 3.63) is 95.1 Å². The largest absolute Gasteiger partial charge is 0.416 e. The summed E-state index contributed by atoms with van der Waals surface area (Å²) in [4.78, 5) is 0. The number of halogens is 3. The molecule has 0 bridgehead atoms. The average molecular weight is 381 g/mol. The minimum atomic E-state index is -4.32. The molecule has 0 unspecified atom stereocenters. The zero-order valence-electron chi connectivity index (χ0n) is 14.9. The summed E-state index contributed by atoms with van der Waals surface area (Å²) < 4.78 is 37.8. The highest BCUT2D eigenvalue weighted by molar-refractivity contribution is 5.57. The third-order valence-electron chi connectivity index (χ3n) is 4.19. The topological polar surface area (TPSA) is 47.9 Å². The molecule has 3 rings (SSSR count). The van der Waals surface area contributed by atoms with E-state index in [0.717, 1.165) is 34.6 Å². The van der Waals surface area contributed by atoms with Crippen LogP contribution in [0.15, 0.2) is 72.8 Å². The van der Waals surface area contributed by atoms with E-state index in [-0.39, 0.29) is 0 Å². The van der Waals surface area contributed by atoms with Gasteiger partial charge in [-0.25, -0.2) is 0 Å². The van der Waals surface area contributed by atoms with Crippen LogP contribution in [0.2, 0.25) is 0 Å². The molecule has 0 aliphatic carbocycles. The Labute approximate surface area is 161 Å². The second kappa shape index (κ2) is 8.49. The zero-order valence-corrected chi connectivity index (χ0v) is 14.9. The Hall–Kier alpha value is -3.46. The molecule has 0 saturated heterocycles. The highest BCUT2D eigenvalue weighted by Gasteiger charge is 2.29. The van der Waals surface area contributed by atoms with E-state index in [1.807, 2.05) is 42.5 Å². The summed E-state index contributed by atoms with van der Waals surface area (Å²) in [7, 11) is 0. The van der Waals surface area contributed by atoms with Crippen molar-refractivity contribution in [2.75, 3.05) is 10.6 Å². The first kappa shape index (κ1) is 19.3. The number of benzene rings is 3. The number of nitriles is 1. The molecule has 0 aliphatic rings. The molecule has 0 aliphatic heterocycles. The number of anilines is 2. The molecule has 0 atom stereocenters. The lowest BCUT2D eigenvalue weighted by Crippen LogP contribution is -2.06. The van der Waals surface area contributed by atoms with Gasteiger partial charge < -0.3 is 10.6 Å². The molecule has 3 nitrogen and oxygen atoms in total. The molecule has 6 heteroatoms. The lowest BCUT2D eigenvalue weighted by Gasteiger charge is -2.11. The highest BCUT2D eigenvalue weighted by atomic mass is 19.4. The SMILES string of the molecule is N#Cc1cccc(CNc2cccc(NCc3ccc(C(F)(F)F)cc3)c2)c1. The van der Waals surface area contributed by atoms with Gasteiger partial charge in [0.2, 0.25) is 0 Å². The van der Waals surface area contributed by atoms with Crippen LogP contribution in [0, 0.1) is 11.3 Å². The van der Waals surface area contributed by atoms with E-state index >= 15 is 0 Å². The van der Waals surface area contributed by atoms with Gasteiger partial charge in [-0.2, -0.15) is 18.4 Å². The van der Waals surface area contributed by atoms with Gasteiger partial charge in [-0.1, -0.05) is 30.3 Å². The smallest absolute Gasteiger partial charge is 0.381 e. The van der Waals surface area contributed by atoms with E-state index in [1.165, 1.54) is 12.1 Å². The van der Waals surface area contributed by atoms with Crippen LogP contribution in [0.1, 0.15) is 22.3 Å². The van der Waals surface area contributed by atoms with Gasteiger partial charge in [0.1, 0.15) is 0 Å². The van der Waals surface area contributed by atoms with E-state index < -0.39 is 11.7 Å². The van der Waals surface area contributed by atoms with Crippen LogP contribution in [-0.4, -0.2) is 0 Å². The summed E-state index contributed by atoms with van der Waals surface area (Å²) in [6.45, 7) is 1.00. The summed E-state index contributed by atoms with van der Waals surface area (Å²) >= 11 is 0. The first-order chi connectivity index (χ1) is 13.4. The summed E-state index contributed by atoms with van der Waals surface area (Å²) in [6, 6.07) is 22.3. The van der Waals surface area contributed by atoms with E-state index in [9.17, 15) is 13.2 Å². The average Bonchev–Trinajstić information content (AvgIpc) is 2.71. The Morgan fingerprint density at radius 1 is 0.750 bits per heavy atom. The molecular formula is C22H18F3N3. The van der Waals surface area contributed by atoms with Gasteiger partial charge in [-0.15, -0.1) is 0 Å². The third kappa shape index (κ3) is 5.27.